The third-order valence-corrected chi connectivity index (χ3v) is 3.58. The Balaban J connectivity index is 0.00000625. The van der Waals surface area contributed by atoms with E-state index in [9.17, 15) is 4.79 Å². The Morgan fingerprint density at radius 3 is 2.58 bits per heavy atom. The number of nitrogens with one attached hydrogen (secondary N) is 2. The summed E-state index contributed by atoms with van der Waals surface area (Å²) in [5, 5.41) is 6.46. The molecule has 0 saturated carbocycles. The molecular weight excluding hydrogens is 445 g/mol. The maximum atomic E-state index is 12.1. The number of hydrogen-bond acceptors (Lipinski definition) is 4. The van der Waals surface area contributed by atoms with Crippen molar-refractivity contribution in [2.45, 2.75) is 52.3 Å². The normalized spacial score (nSPS) is 12.6. The van der Waals surface area contributed by atoms with E-state index in [0.717, 1.165) is 12.1 Å². The van der Waals surface area contributed by atoms with E-state index >= 15 is 0 Å². The summed E-state index contributed by atoms with van der Waals surface area (Å²) in [7, 11) is 3.48. The van der Waals surface area contributed by atoms with Gasteiger partial charge in [0, 0.05) is 32.9 Å². The van der Waals surface area contributed by atoms with Crippen LogP contribution in [0.5, 0.6) is 0 Å². The predicted molar refractivity (Wildman–Crippen MR) is 116 cm³/mol. The number of aromatic nitrogens is 1. The number of halogens is 1. The summed E-state index contributed by atoms with van der Waals surface area (Å²) >= 11 is 0. The number of pyridine rings is 1. The van der Waals surface area contributed by atoms with E-state index in [4.69, 9.17) is 4.74 Å². The molecule has 0 aliphatic carbocycles. The Bertz CT molecular complexity index is 560. The summed E-state index contributed by atoms with van der Waals surface area (Å²) < 4.78 is 5.38. The molecule has 0 aliphatic rings. The molecule has 1 aromatic rings. The van der Waals surface area contributed by atoms with Crippen molar-refractivity contribution in [1.82, 2.24) is 20.5 Å². The van der Waals surface area contributed by atoms with Gasteiger partial charge < -0.3 is 20.3 Å². The van der Waals surface area contributed by atoms with Gasteiger partial charge in [-0.3, -0.25) is 9.98 Å². The summed E-state index contributed by atoms with van der Waals surface area (Å²) in [6, 6.07) is 5.85. The van der Waals surface area contributed by atoms with Gasteiger partial charge in [0.15, 0.2) is 5.96 Å². The standard InChI is InChI=1S/C18H31N5O2.HI/c1-14(23(6)17(24)25-18(2,3)4)10-12-21-16(19-5)22-13-15-9-7-8-11-20-15;/h7-9,11,14H,10,12-13H2,1-6H3,(H2,19,21,22);1H. The van der Waals surface area contributed by atoms with Crippen LogP contribution in [0.3, 0.4) is 0 Å². The second kappa shape index (κ2) is 11.9. The van der Waals surface area contributed by atoms with Crippen LogP contribution >= 0.6 is 24.0 Å². The van der Waals surface area contributed by atoms with Gasteiger partial charge in [0.2, 0.25) is 0 Å². The molecule has 0 spiro atoms. The van der Waals surface area contributed by atoms with Gasteiger partial charge in [0.05, 0.1) is 12.2 Å². The summed E-state index contributed by atoms with van der Waals surface area (Å²) in [6.07, 6.45) is 2.24. The Morgan fingerprint density at radius 2 is 2.04 bits per heavy atom. The number of rotatable bonds is 6. The van der Waals surface area contributed by atoms with Gasteiger partial charge in [-0.25, -0.2) is 4.79 Å². The van der Waals surface area contributed by atoms with E-state index < -0.39 is 5.60 Å². The van der Waals surface area contributed by atoms with E-state index in [1.165, 1.54) is 0 Å². The van der Waals surface area contributed by atoms with Crippen molar-refractivity contribution in [3.63, 3.8) is 0 Å². The maximum Gasteiger partial charge on any atom is 0.410 e. The molecule has 0 fully saturated rings. The molecule has 1 amide bonds. The molecule has 8 heteroatoms. The molecule has 0 aliphatic heterocycles. The minimum Gasteiger partial charge on any atom is -0.444 e. The van der Waals surface area contributed by atoms with Crippen LogP contribution in [0.15, 0.2) is 29.4 Å². The van der Waals surface area contributed by atoms with E-state index in [0.29, 0.717) is 19.0 Å². The number of hydrogen-bond donors (Lipinski definition) is 2. The number of nitrogens with zero attached hydrogens (tertiary/aromatic N) is 3. The number of carbonyl (C=O) groups is 1. The van der Waals surface area contributed by atoms with Gasteiger partial charge in [0.25, 0.3) is 0 Å². The van der Waals surface area contributed by atoms with Crippen molar-refractivity contribution in [2.75, 3.05) is 20.6 Å². The first-order valence-electron chi connectivity index (χ1n) is 8.53. The fourth-order valence-corrected chi connectivity index (χ4v) is 2.00. The zero-order valence-electron chi connectivity index (χ0n) is 16.6. The Kier molecular flexibility index (Phi) is 11.2. The van der Waals surface area contributed by atoms with Gasteiger partial charge in [-0.2, -0.15) is 0 Å². The zero-order valence-corrected chi connectivity index (χ0v) is 18.9. The van der Waals surface area contributed by atoms with Crippen molar-refractivity contribution in [1.29, 1.82) is 0 Å². The Hall–Kier alpha value is -1.58. The highest BCUT2D eigenvalue weighted by molar-refractivity contribution is 14.0. The molecular formula is C18H32IN5O2. The highest BCUT2D eigenvalue weighted by Gasteiger charge is 2.22. The average molecular weight is 477 g/mol. The molecule has 1 rings (SSSR count). The van der Waals surface area contributed by atoms with Crippen molar-refractivity contribution >= 4 is 36.0 Å². The van der Waals surface area contributed by atoms with E-state index in [-0.39, 0.29) is 36.1 Å². The molecule has 0 bridgehead atoms. The highest BCUT2D eigenvalue weighted by Crippen LogP contribution is 2.11. The molecule has 2 N–H and O–H groups in total. The van der Waals surface area contributed by atoms with Crippen LogP contribution in [0, 0.1) is 0 Å². The van der Waals surface area contributed by atoms with Crippen molar-refractivity contribution in [3.05, 3.63) is 30.1 Å². The van der Waals surface area contributed by atoms with Gasteiger partial charge in [-0.15, -0.1) is 24.0 Å². The number of guanidine groups is 1. The topological polar surface area (TPSA) is 78.9 Å². The molecule has 1 aromatic heterocycles. The Morgan fingerprint density at radius 1 is 1.35 bits per heavy atom. The van der Waals surface area contributed by atoms with Crippen LogP contribution in [0.25, 0.3) is 0 Å². The summed E-state index contributed by atoms with van der Waals surface area (Å²) in [4.78, 5) is 22.1. The fourth-order valence-electron chi connectivity index (χ4n) is 2.00. The van der Waals surface area contributed by atoms with Gasteiger partial charge in [-0.05, 0) is 46.2 Å². The second-order valence-corrected chi connectivity index (χ2v) is 6.90. The minimum absolute atomic E-state index is 0. The highest BCUT2D eigenvalue weighted by atomic mass is 127. The quantitative estimate of drug-likeness (QED) is 0.374. The monoisotopic (exact) mass is 477 g/mol. The van der Waals surface area contributed by atoms with Gasteiger partial charge in [-0.1, -0.05) is 6.07 Å². The van der Waals surface area contributed by atoms with Crippen molar-refractivity contribution < 1.29 is 9.53 Å². The number of carbonyl (C=O) groups excluding carboxylic acids is 1. The summed E-state index contributed by atoms with van der Waals surface area (Å²) in [5.41, 5.74) is 0.462. The lowest BCUT2D eigenvalue weighted by Crippen LogP contribution is -2.42. The summed E-state index contributed by atoms with van der Waals surface area (Å²) in [5.74, 6) is 0.706. The summed E-state index contributed by atoms with van der Waals surface area (Å²) in [6.45, 7) is 8.88. The first-order valence-corrected chi connectivity index (χ1v) is 8.53. The van der Waals surface area contributed by atoms with Gasteiger partial charge >= 0.3 is 6.09 Å². The lowest BCUT2D eigenvalue weighted by atomic mass is 10.2. The molecule has 0 aromatic carbocycles. The van der Waals surface area contributed by atoms with Crippen LogP contribution in [0.2, 0.25) is 0 Å². The molecule has 7 nitrogen and oxygen atoms in total. The smallest absolute Gasteiger partial charge is 0.410 e. The Labute approximate surface area is 174 Å². The van der Waals surface area contributed by atoms with E-state index in [1.54, 1.807) is 25.2 Å². The van der Waals surface area contributed by atoms with Crippen LogP contribution < -0.4 is 10.6 Å². The number of aliphatic imine (C=N–C) groups is 1. The molecule has 1 heterocycles. The molecule has 1 atom stereocenters. The third kappa shape index (κ3) is 9.79. The van der Waals surface area contributed by atoms with E-state index in [2.05, 4.69) is 20.6 Å². The predicted octanol–water partition coefficient (Wildman–Crippen LogP) is 3.01. The number of amides is 1. The molecule has 0 radical (unpaired) electrons. The van der Waals surface area contributed by atoms with Crippen molar-refractivity contribution in [2.24, 2.45) is 4.99 Å². The van der Waals surface area contributed by atoms with Crippen molar-refractivity contribution in [3.8, 4) is 0 Å². The lowest BCUT2D eigenvalue weighted by molar-refractivity contribution is 0.0230. The molecule has 0 saturated heterocycles. The third-order valence-electron chi connectivity index (χ3n) is 3.58. The van der Waals surface area contributed by atoms with Crippen LogP contribution in [-0.2, 0) is 11.3 Å². The lowest BCUT2D eigenvalue weighted by Gasteiger charge is -2.28. The minimum atomic E-state index is -0.485. The number of ether oxygens (including phenoxy) is 1. The average Bonchev–Trinajstić information content (AvgIpc) is 2.56. The van der Waals surface area contributed by atoms with Crippen LogP contribution in [-0.4, -0.2) is 54.2 Å². The first kappa shape index (κ1) is 24.4. The molecule has 26 heavy (non-hydrogen) atoms. The van der Waals surface area contributed by atoms with Crippen LogP contribution in [0.4, 0.5) is 4.79 Å². The van der Waals surface area contributed by atoms with Gasteiger partial charge in [0.1, 0.15) is 5.60 Å². The fraction of sp³-hybridized carbons (Fsp3) is 0.611. The maximum absolute atomic E-state index is 12.1. The van der Waals surface area contributed by atoms with Crippen LogP contribution in [0.1, 0.15) is 39.8 Å². The first-order chi connectivity index (χ1) is 11.7. The SMILES string of the molecule is CN=C(NCCC(C)N(C)C(=O)OC(C)(C)C)NCc1ccccn1.I. The molecule has 148 valence electrons. The zero-order chi connectivity index (χ0) is 18.9. The molecule has 1 unspecified atom stereocenters. The second-order valence-electron chi connectivity index (χ2n) is 6.90. The van der Waals surface area contributed by atoms with E-state index in [1.807, 2.05) is 45.9 Å². The largest absolute Gasteiger partial charge is 0.444 e.